The number of amides is 1. The summed E-state index contributed by atoms with van der Waals surface area (Å²) in [6.07, 6.45) is 1.51. The van der Waals surface area contributed by atoms with Gasteiger partial charge in [0, 0.05) is 0 Å². The third-order valence-corrected chi connectivity index (χ3v) is 6.03. The van der Waals surface area contributed by atoms with Gasteiger partial charge in [-0.15, -0.1) is 0 Å². The summed E-state index contributed by atoms with van der Waals surface area (Å²) in [5.74, 6) is -0.303. The second-order valence-electron chi connectivity index (χ2n) is 7.41. The molecule has 1 N–H and O–H groups in total. The van der Waals surface area contributed by atoms with E-state index in [0.717, 1.165) is 28.5 Å². The maximum Gasteiger partial charge on any atom is 0.244 e. The van der Waals surface area contributed by atoms with Crippen LogP contribution >= 0.6 is 0 Å². The van der Waals surface area contributed by atoms with E-state index in [1.54, 1.807) is 18.2 Å². The van der Waals surface area contributed by atoms with Gasteiger partial charge in [0.25, 0.3) is 0 Å². The molecule has 0 aliphatic rings. The summed E-state index contributed by atoms with van der Waals surface area (Å²) in [6.45, 7) is 9.65. The Labute approximate surface area is 168 Å². The minimum absolute atomic E-state index is 0.222. The highest BCUT2D eigenvalue weighted by Crippen LogP contribution is 2.25. The molecule has 152 valence electrons. The molecule has 6 heteroatoms. The third kappa shape index (κ3) is 5.13. The average molecular weight is 403 g/mol. The van der Waals surface area contributed by atoms with Gasteiger partial charge in [-0.1, -0.05) is 42.8 Å². The molecule has 0 spiro atoms. The fourth-order valence-corrected chi connectivity index (χ4v) is 4.64. The molecule has 0 unspecified atom stereocenters. The molecule has 2 atom stereocenters. The van der Waals surface area contributed by atoms with Crippen LogP contribution in [-0.4, -0.2) is 26.6 Å². The van der Waals surface area contributed by atoms with Gasteiger partial charge in [-0.25, -0.2) is 8.42 Å². The molecule has 2 aromatic rings. The smallest absolute Gasteiger partial charge is 0.244 e. The van der Waals surface area contributed by atoms with E-state index in [9.17, 15) is 13.2 Å². The predicted molar refractivity (Wildman–Crippen MR) is 115 cm³/mol. The fraction of sp³-hybridized carbons (Fsp3) is 0.409. The monoisotopic (exact) mass is 402 g/mol. The highest BCUT2D eigenvalue weighted by molar-refractivity contribution is 7.92. The molecule has 0 radical (unpaired) electrons. The lowest BCUT2D eigenvalue weighted by atomic mass is 9.99. The molecular weight excluding hydrogens is 372 g/mol. The van der Waals surface area contributed by atoms with E-state index < -0.39 is 16.1 Å². The lowest BCUT2D eigenvalue weighted by Gasteiger charge is -2.31. The number of nitrogens with one attached hydrogen (secondary N) is 1. The second-order valence-corrected chi connectivity index (χ2v) is 9.27. The van der Waals surface area contributed by atoms with Crippen LogP contribution in [0.25, 0.3) is 0 Å². The Morgan fingerprint density at radius 2 is 1.71 bits per heavy atom. The molecule has 0 heterocycles. The van der Waals surface area contributed by atoms with E-state index >= 15 is 0 Å². The Hall–Kier alpha value is -2.34. The van der Waals surface area contributed by atoms with Crippen LogP contribution in [0.5, 0.6) is 0 Å². The lowest BCUT2D eigenvalue weighted by Crippen LogP contribution is -2.49. The van der Waals surface area contributed by atoms with Crippen LogP contribution in [0.3, 0.4) is 0 Å². The largest absolute Gasteiger partial charge is 0.348 e. The maximum absolute atomic E-state index is 13.1. The molecule has 28 heavy (non-hydrogen) atoms. The first-order valence-electron chi connectivity index (χ1n) is 9.48. The molecular formula is C22H30N2O3S. The Kier molecular flexibility index (Phi) is 6.88. The minimum Gasteiger partial charge on any atom is -0.348 e. The SMILES string of the molecule is CC[C@H](C(=O)N[C@@H](C)c1cc(C)ccc1C)N(c1cccc(C)c1)S(C)(=O)=O. The number of nitrogens with zero attached hydrogens (tertiary/aromatic N) is 1. The van der Waals surface area contributed by atoms with Gasteiger partial charge in [0.15, 0.2) is 0 Å². The molecule has 2 aromatic carbocycles. The first-order valence-corrected chi connectivity index (χ1v) is 11.3. The first-order chi connectivity index (χ1) is 13.0. The van der Waals surface area contributed by atoms with Crippen molar-refractivity contribution in [3.8, 4) is 0 Å². The number of benzene rings is 2. The maximum atomic E-state index is 13.1. The zero-order valence-corrected chi connectivity index (χ0v) is 18.3. The Bertz CT molecular complexity index is 954. The van der Waals surface area contributed by atoms with Crippen molar-refractivity contribution >= 4 is 21.6 Å². The standard InChI is InChI=1S/C22H30N2O3S/c1-7-21(24(28(6,26)27)19-10-8-9-15(2)13-19)22(25)23-18(5)20-14-16(3)11-12-17(20)4/h8-14,18,21H,7H2,1-6H3,(H,23,25)/t18-,21+/m0/s1. The Balaban J connectivity index is 2.35. The van der Waals surface area contributed by atoms with Crippen molar-refractivity contribution in [2.45, 2.75) is 53.1 Å². The van der Waals surface area contributed by atoms with Gasteiger partial charge in [0.1, 0.15) is 6.04 Å². The van der Waals surface area contributed by atoms with Crippen molar-refractivity contribution < 1.29 is 13.2 Å². The summed E-state index contributed by atoms with van der Waals surface area (Å²) in [5, 5.41) is 3.01. The van der Waals surface area contributed by atoms with Crippen LogP contribution in [0.15, 0.2) is 42.5 Å². The lowest BCUT2D eigenvalue weighted by molar-refractivity contribution is -0.122. The first kappa shape index (κ1) is 22.0. The number of sulfonamides is 1. The van der Waals surface area contributed by atoms with Gasteiger partial charge >= 0.3 is 0 Å². The summed E-state index contributed by atoms with van der Waals surface area (Å²) in [6, 6.07) is 12.3. The van der Waals surface area contributed by atoms with Gasteiger partial charge in [0.05, 0.1) is 18.0 Å². The topological polar surface area (TPSA) is 66.5 Å². The van der Waals surface area contributed by atoms with Gasteiger partial charge in [-0.05, 0) is 62.9 Å². The van der Waals surface area contributed by atoms with Gasteiger partial charge in [-0.3, -0.25) is 9.10 Å². The van der Waals surface area contributed by atoms with E-state index in [4.69, 9.17) is 0 Å². The van der Waals surface area contributed by atoms with Crippen LogP contribution in [-0.2, 0) is 14.8 Å². The highest BCUT2D eigenvalue weighted by Gasteiger charge is 2.32. The number of hydrogen-bond acceptors (Lipinski definition) is 3. The van der Waals surface area contributed by atoms with Crippen LogP contribution in [0, 0.1) is 20.8 Å². The molecule has 0 saturated heterocycles. The van der Waals surface area contributed by atoms with Crippen LogP contribution in [0.4, 0.5) is 5.69 Å². The van der Waals surface area contributed by atoms with Gasteiger partial charge < -0.3 is 5.32 Å². The minimum atomic E-state index is -3.63. The third-order valence-electron chi connectivity index (χ3n) is 4.85. The van der Waals surface area contributed by atoms with Crippen molar-refractivity contribution in [2.24, 2.45) is 0 Å². The van der Waals surface area contributed by atoms with E-state index in [1.165, 1.54) is 4.31 Å². The van der Waals surface area contributed by atoms with E-state index in [2.05, 4.69) is 11.4 Å². The van der Waals surface area contributed by atoms with Crippen LogP contribution in [0.1, 0.15) is 48.6 Å². The van der Waals surface area contributed by atoms with Crippen LogP contribution < -0.4 is 9.62 Å². The van der Waals surface area contributed by atoms with Crippen molar-refractivity contribution in [2.75, 3.05) is 10.6 Å². The summed E-state index contributed by atoms with van der Waals surface area (Å²) in [5.41, 5.74) is 4.68. The number of hydrogen-bond donors (Lipinski definition) is 1. The van der Waals surface area contributed by atoms with Crippen molar-refractivity contribution in [1.82, 2.24) is 5.32 Å². The Morgan fingerprint density at radius 1 is 1.07 bits per heavy atom. The second kappa shape index (κ2) is 8.78. The van der Waals surface area contributed by atoms with Crippen molar-refractivity contribution in [3.05, 3.63) is 64.7 Å². The van der Waals surface area contributed by atoms with Crippen molar-refractivity contribution in [3.63, 3.8) is 0 Å². The zero-order valence-electron chi connectivity index (χ0n) is 17.5. The van der Waals surface area contributed by atoms with E-state index in [1.807, 2.05) is 52.8 Å². The fourth-order valence-electron chi connectivity index (χ4n) is 3.44. The summed E-state index contributed by atoms with van der Waals surface area (Å²) >= 11 is 0. The molecule has 5 nitrogen and oxygen atoms in total. The summed E-state index contributed by atoms with van der Waals surface area (Å²) in [7, 11) is -3.63. The summed E-state index contributed by atoms with van der Waals surface area (Å²) < 4.78 is 26.3. The predicted octanol–water partition coefficient (Wildman–Crippen LogP) is 4.03. The zero-order chi connectivity index (χ0) is 21.1. The van der Waals surface area contributed by atoms with E-state index in [-0.39, 0.29) is 11.9 Å². The van der Waals surface area contributed by atoms with Crippen LogP contribution in [0.2, 0.25) is 0 Å². The van der Waals surface area contributed by atoms with Gasteiger partial charge in [-0.2, -0.15) is 0 Å². The Morgan fingerprint density at radius 3 is 2.29 bits per heavy atom. The molecule has 0 bridgehead atoms. The molecule has 0 aromatic heterocycles. The number of rotatable bonds is 7. The molecule has 0 saturated carbocycles. The molecule has 1 amide bonds. The molecule has 2 rings (SSSR count). The molecule has 0 fully saturated rings. The quantitative estimate of drug-likeness (QED) is 0.760. The van der Waals surface area contributed by atoms with Crippen molar-refractivity contribution in [1.29, 1.82) is 0 Å². The number of carbonyl (C=O) groups excluding carboxylic acids is 1. The van der Waals surface area contributed by atoms with Gasteiger partial charge in [0.2, 0.25) is 15.9 Å². The van der Waals surface area contributed by atoms with E-state index in [0.29, 0.717) is 12.1 Å². The number of carbonyl (C=O) groups is 1. The molecule has 0 aliphatic carbocycles. The number of aryl methyl sites for hydroxylation is 3. The summed E-state index contributed by atoms with van der Waals surface area (Å²) in [4.78, 5) is 13.1. The number of anilines is 1. The highest BCUT2D eigenvalue weighted by atomic mass is 32.2. The normalized spacial score (nSPS) is 13.6. The molecule has 0 aliphatic heterocycles. The average Bonchev–Trinajstić information content (AvgIpc) is 2.60.